The van der Waals surface area contributed by atoms with E-state index in [2.05, 4.69) is 43.8 Å². The van der Waals surface area contributed by atoms with Gasteiger partial charge in [-0.25, -0.2) is 8.78 Å². The smallest absolute Gasteiger partial charge is 0.128 e. The first-order valence-corrected chi connectivity index (χ1v) is 8.03. The fraction of sp³-hybridized carbons (Fsp3) is 0.200. The van der Waals surface area contributed by atoms with Crippen molar-refractivity contribution >= 4 is 38.5 Å². The summed E-state index contributed by atoms with van der Waals surface area (Å²) in [7, 11) is 0. The highest BCUT2D eigenvalue weighted by Gasteiger charge is 2.20. The molecule has 2 rings (SSSR count). The fourth-order valence-electron chi connectivity index (χ4n) is 2.06. The average Bonchev–Trinajstić information content (AvgIpc) is 2.42. The largest absolute Gasteiger partial charge is 0.306 e. The van der Waals surface area contributed by atoms with Crippen molar-refractivity contribution in [3.05, 3.63) is 67.2 Å². The normalized spacial score (nSPS) is 12.4. The topological polar surface area (TPSA) is 12.0 Å². The summed E-state index contributed by atoms with van der Waals surface area (Å²) in [5.74, 6) is -0.853. The van der Waals surface area contributed by atoms with Gasteiger partial charge in [-0.1, -0.05) is 22.9 Å². The Morgan fingerprint density at radius 1 is 1.15 bits per heavy atom. The van der Waals surface area contributed by atoms with Crippen LogP contribution in [0.25, 0.3) is 0 Å². The number of halogens is 4. The lowest BCUT2D eigenvalue weighted by molar-refractivity contribution is 0.544. The van der Waals surface area contributed by atoms with E-state index >= 15 is 0 Å². The number of nitrogens with one attached hydrogen (secondary N) is 1. The molecule has 0 saturated carbocycles. The van der Waals surface area contributed by atoms with Crippen LogP contribution in [0.5, 0.6) is 0 Å². The Labute approximate surface area is 139 Å². The first kappa shape index (κ1) is 15.9. The Balaban J connectivity index is 2.55. The summed E-state index contributed by atoms with van der Waals surface area (Å²) in [4.78, 5) is 0. The highest BCUT2D eigenvalue weighted by molar-refractivity contribution is 14.1. The van der Waals surface area contributed by atoms with E-state index in [1.54, 1.807) is 0 Å². The molecule has 0 aliphatic carbocycles. The molecule has 0 spiro atoms. The molecule has 0 aliphatic heterocycles. The average molecular weight is 452 g/mol. The number of rotatable bonds is 4. The van der Waals surface area contributed by atoms with E-state index in [4.69, 9.17) is 0 Å². The molecule has 2 aromatic carbocycles. The molecule has 0 bridgehead atoms. The summed E-state index contributed by atoms with van der Waals surface area (Å²) >= 11 is 5.68. The van der Waals surface area contributed by atoms with Crippen molar-refractivity contribution in [2.24, 2.45) is 0 Å². The van der Waals surface area contributed by atoms with E-state index in [9.17, 15) is 8.78 Å². The van der Waals surface area contributed by atoms with Crippen LogP contribution in [0.1, 0.15) is 24.1 Å². The van der Waals surface area contributed by atoms with Crippen LogP contribution in [0.2, 0.25) is 0 Å². The van der Waals surface area contributed by atoms with Gasteiger partial charge in [0.1, 0.15) is 11.6 Å². The summed E-state index contributed by atoms with van der Waals surface area (Å²) in [5.41, 5.74) is 1.21. The van der Waals surface area contributed by atoms with Gasteiger partial charge < -0.3 is 5.32 Å². The summed E-state index contributed by atoms with van der Waals surface area (Å²) in [6.07, 6.45) is 0. The van der Waals surface area contributed by atoms with Crippen LogP contribution in [-0.4, -0.2) is 6.54 Å². The molecule has 20 heavy (non-hydrogen) atoms. The zero-order valence-electron chi connectivity index (χ0n) is 10.8. The Bertz CT molecular complexity index is 567. The van der Waals surface area contributed by atoms with Crippen molar-refractivity contribution < 1.29 is 8.78 Å². The van der Waals surface area contributed by atoms with Gasteiger partial charge in [-0.2, -0.15) is 0 Å². The molecule has 0 radical (unpaired) electrons. The van der Waals surface area contributed by atoms with Crippen LogP contribution in [0.4, 0.5) is 8.78 Å². The monoisotopic (exact) mass is 451 g/mol. The van der Waals surface area contributed by atoms with Gasteiger partial charge in [0.05, 0.1) is 6.04 Å². The van der Waals surface area contributed by atoms with Crippen LogP contribution in [0, 0.1) is 15.2 Å². The van der Waals surface area contributed by atoms with Crippen molar-refractivity contribution in [3.63, 3.8) is 0 Å². The van der Waals surface area contributed by atoms with Gasteiger partial charge in [-0.3, -0.25) is 0 Å². The molecular weight excluding hydrogens is 439 g/mol. The van der Waals surface area contributed by atoms with E-state index < -0.39 is 11.6 Å². The molecule has 0 aliphatic rings. The Morgan fingerprint density at radius 2 is 1.90 bits per heavy atom. The minimum atomic E-state index is -0.439. The highest BCUT2D eigenvalue weighted by atomic mass is 127. The molecule has 0 aromatic heterocycles. The van der Waals surface area contributed by atoms with Crippen molar-refractivity contribution in [2.75, 3.05) is 6.54 Å². The molecule has 1 nitrogen and oxygen atoms in total. The first-order chi connectivity index (χ1) is 9.52. The van der Waals surface area contributed by atoms with Gasteiger partial charge in [0.15, 0.2) is 0 Å². The lowest BCUT2D eigenvalue weighted by atomic mass is 9.98. The molecule has 0 fully saturated rings. The van der Waals surface area contributed by atoms with Crippen LogP contribution in [0.15, 0.2) is 40.9 Å². The zero-order valence-corrected chi connectivity index (χ0v) is 14.5. The molecular formula is C15H13BrF2IN. The summed E-state index contributed by atoms with van der Waals surface area (Å²) in [6.45, 7) is 2.59. The third-order valence-electron chi connectivity index (χ3n) is 2.95. The van der Waals surface area contributed by atoms with E-state index in [0.29, 0.717) is 12.1 Å². The molecule has 0 saturated heterocycles. The number of hydrogen-bond donors (Lipinski definition) is 1. The molecule has 1 N–H and O–H groups in total. The minimum absolute atomic E-state index is 0.314. The summed E-state index contributed by atoms with van der Waals surface area (Å²) in [6, 6.07) is 8.98. The van der Waals surface area contributed by atoms with E-state index in [-0.39, 0.29) is 6.04 Å². The van der Waals surface area contributed by atoms with Crippen LogP contribution in [0.3, 0.4) is 0 Å². The van der Waals surface area contributed by atoms with Crippen LogP contribution >= 0.6 is 38.5 Å². The molecule has 1 atom stereocenters. The molecule has 5 heteroatoms. The Kier molecular flexibility index (Phi) is 5.51. The van der Waals surface area contributed by atoms with Gasteiger partial charge in [-0.15, -0.1) is 0 Å². The lowest BCUT2D eigenvalue weighted by Gasteiger charge is -2.21. The zero-order chi connectivity index (χ0) is 14.7. The van der Waals surface area contributed by atoms with Crippen LogP contribution in [-0.2, 0) is 0 Å². The molecule has 106 valence electrons. The van der Waals surface area contributed by atoms with Gasteiger partial charge in [0.25, 0.3) is 0 Å². The van der Waals surface area contributed by atoms with E-state index in [0.717, 1.165) is 25.7 Å². The van der Waals surface area contributed by atoms with E-state index in [1.165, 1.54) is 6.07 Å². The first-order valence-electron chi connectivity index (χ1n) is 6.16. The Morgan fingerprint density at radius 3 is 2.60 bits per heavy atom. The van der Waals surface area contributed by atoms with Gasteiger partial charge >= 0.3 is 0 Å². The maximum atomic E-state index is 14.0. The maximum Gasteiger partial charge on any atom is 0.128 e. The van der Waals surface area contributed by atoms with Crippen LogP contribution < -0.4 is 5.32 Å². The second-order valence-corrected chi connectivity index (χ2v) is 6.42. The van der Waals surface area contributed by atoms with Crippen molar-refractivity contribution in [1.29, 1.82) is 0 Å². The minimum Gasteiger partial charge on any atom is -0.306 e. The van der Waals surface area contributed by atoms with Crippen molar-refractivity contribution in [2.45, 2.75) is 13.0 Å². The maximum absolute atomic E-state index is 14.0. The van der Waals surface area contributed by atoms with Gasteiger partial charge in [0, 0.05) is 13.6 Å². The predicted octanol–water partition coefficient (Wildman–Crippen LogP) is 5.03. The Hall–Kier alpha value is -0.530. The summed E-state index contributed by atoms with van der Waals surface area (Å²) < 4.78 is 29.4. The van der Waals surface area contributed by atoms with Gasteiger partial charge in [0.2, 0.25) is 0 Å². The quantitative estimate of drug-likeness (QED) is 0.643. The molecule has 0 amide bonds. The molecule has 0 heterocycles. The fourth-order valence-corrected chi connectivity index (χ4v) is 3.05. The second-order valence-electron chi connectivity index (χ2n) is 4.32. The molecule has 2 aromatic rings. The third kappa shape index (κ3) is 3.56. The SMILES string of the molecule is CCNC(c1cc(F)ccc1F)c1cc(I)ccc1Br. The number of hydrogen-bond acceptors (Lipinski definition) is 1. The number of benzene rings is 2. The second kappa shape index (κ2) is 6.95. The van der Waals surface area contributed by atoms with Crippen molar-refractivity contribution in [3.8, 4) is 0 Å². The highest BCUT2D eigenvalue weighted by Crippen LogP contribution is 2.31. The summed E-state index contributed by atoms with van der Waals surface area (Å²) in [5, 5.41) is 3.21. The lowest BCUT2D eigenvalue weighted by Crippen LogP contribution is -2.23. The third-order valence-corrected chi connectivity index (χ3v) is 4.34. The van der Waals surface area contributed by atoms with Crippen molar-refractivity contribution in [1.82, 2.24) is 5.32 Å². The van der Waals surface area contributed by atoms with E-state index in [1.807, 2.05) is 25.1 Å². The molecule has 1 unspecified atom stereocenters. The predicted molar refractivity (Wildman–Crippen MR) is 88.7 cm³/mol. The standard InChI is InChI=1S/C15H13BrF2IN/c1-2-20-15(11-8-10(19)4-5-13(11)16)12-7-9(17)3-6-14(12)18/h3-8,15,20H,2H2,1H3. The van der Waals surface area contributed by atoms with Gasteiger partial charge in [-0.05, 0) is 71.1 Å².